The summed E-state index contributed by atoms with van der Waals surface area (Å²) in [6, 6.07) is 0. The molecule has 4 aliphatic rings. The van der Waals surface area contributed by atoms with Gasteiger partial charge in [0.05, 0.1) is 16.5 Å². The van der Waals surface area contributed by atoms with E-state index in [4.69, 9.17) is 0 Å². The van der Waals surface area contributed by atoms with E-state index < -0.39 is 0 Å². The monoisotopic (exact) mass is 415 g/mol. The van der Waals surface area contributed by atoms with Gasteiger partial charge in [-0.3, -0.25) is 0 Å². The minimum atomic E-state index is 0.138. The van der Waals surface area contributed by atoms with Gasteiger partial charge in [0.2, 0.25) is 0 Å². The maximum Gasteiger partial charge on any atom is 0.0931 e. The molecule has 5 rings (SSSR count). The van der Waals surface area contributed by atoms with Crippen LogP contribution >= 0.6 is 11.3 Å². The number of hydrogen-bond donors (Lipinski definition) is 1. The topological polar surface area (TPSA) is 33.1 Å². The van der Waals surface area contributed by atoms with Crippen LogP contribution < -0.4 is 0 Å². The lowest BCUT2D eigenvalue weighted by Crippen LogP contribution is -2.49. The summed E-state index contributed by atoms with van der Waals surface area (Å²) in [6.07, 6.45) is 16.5. The Kier molecular flexibility index (Phi) is 5.60. The second-order valence-electron chi connectivity index (χ2n) is 11.6. The van der Waals surface area contributed by atoms with Crippen molar-refractivity contribution >= 4 is 11.3 Å². The molecule has 0 saturated heterocycles. The largest absolute Gasteiger partial charge is 0.391 e. The number of aliphatic hydroxyl groups is 1. The van der Waals surface area contributed by atoms with Crippen LogP contribution in [0, 0.1) is 52.8 Å². The van der Waals surface area contributed by atoms with Crippen molar-refractivity contribution in [3.8, 4) is 0 Å². The zero-order chi connectivity index (χ0) is 20.2. The van der Waals surface area contributed by atoms with Gasteiger partial charge >= 0.3 is 0 Å². The van der Waals surface area contributed by atoms with E-state index >= 15 is 0 Å². The van der Waals surface area contributed by atoms with Crippen LogP contribution in [-0.4, -0.2) is 10.1 Å². The highest BCUT2D eigenvalue weighted by molar-refractivity contribution is 7.11. The van der Waals surface area contributed by atoms with Crippen molar-refractivity contribution in [1.29, 1.82) is 0 Å². The van der Waals surface area contributed by atoms with Crippen LogP contribution in [0.2, 0.25) is 0 Å². The molecule has 162 valence electrons. The Hall–Kier alpha value is -0.410. The Morgan fingerprint density at radius 1 is 1.10 bits per heavy atom. The summed E-state index contributed by atoms with van der Waals surface area (Å²) in [5.41, 5.74) is 0.562. The molecule has 1 N–H and O–H groups in total. The normalized spacial score (nSPS) is 45.3. The van der Waals surface area contributed by atoms with E-state index in [1.165, 1.54) is 62.8 Å². The molecular formula is C26H41NOS. The molecule has 0 aromatic carbocycles. The van der Waals surface area contributed by atoms with Crippen LogP contribution in [0.3, 0.4) is 0 Å². The molecule has 4 saturated carbocycles. The van der Waals surface area contributed by atoms with Crippen LogP contribution in [0.1, 0.15) is 88.4 Å². The predicted octanol–water partition coefficient (Wildman–Crippen LogP) is 6.72. The highest BCUT2D eigenvalue weighted by Crippen LogP contribution is 2.65. The fourth-order valence-corrected chi connectivity index (χ4v) is 9.92. The van der Waals surface area contributed by atoms with Gasteiger partial charge in [-0.1, -0.05) is 27.2 Å². The molecule has 29 heavy (non-hydrogen) atoms. The second-order valence-corrected chi connectivity index (χ2v) is 12.8. The summed E-state index contributed by atoms with van der Waals surface area (Å²) >= 11 is 1.72. The third-order valence-corrected chi connectivity index (χ3v) is 11.2. The van der Waals surface area contributed by atoms with Gasteiger partial charge in [0, 0.05) is 12.6 Å². The fraction of sp³-hybridized carbons (Fsp3) is 0.885. The Balaban J connectivity index is 1.29. The van der Waals surface area contributed by atoms with Crippen LogP contribution in [-0.2, 0) is 13.0 Å². The van der Waals surface area contributed by atoms with Crippen molar-refractivity contribution in [2.75, 3.05) is 0 Å². The van der Waals surface area contributed by atoms with E-state index in [1.807, 2.05) is 6.20 Å². The van der Waals surface area contributed by atoms with Crippen molar-refractivity contribution in [2.24, 2.45) is 52.8 Å². The molecular weight excluding hydrogens is 374 g/mol. The molecule has 0 spiro atoms. The number of hydrogen-bond acceptors (Lipinski definition) is 3. The van der Waals surface area contributed by atoms with Gasteiger partial charge < -0.3 is 5.11 Å². The first-order valence-corrected chi connectivity index (χ1v) is 13.4. The van der Waals surface area contributed by atoms with E-state index in [1.54, 1.807) is 11.3 Å². The molecule has 0 bridgehead atoms. The summed E-state index contributed by atoms with van der Waals surface area (Å²) in [7, 11) is 0. The molecule has 0 amide bonds. The van der Waals surface area contributed by atoms with E-state index in [2.05, 4.69) is 25.8 Å². The Bertz CT molecular complexity index is 715. The SMILES string of the molecule is CC1CCC2C(CCC3C2CCC2(C)C(C(C)Cc4ncc(CO)s4)CCC32)C1. The number of nitrogens with zero attached hydrogens (tertiary/aromatic N) is 1. The first kappa shape index (κ1) is 20.5. The van der Waals surface area contributed by atoms with Crippen LogP contribution in [0.15, 0.2) is 6.20 Å². The second kappa shape index (κ2) is 7.93. The minimum Gasteiger partial charge on any atom is -0.391 e. The van der Waals surface area contributed by atoms with E-state index in [9.17, 15) is 5.11 Å². The van der Waals surface area contributed by atoms with E-state index in [0.717, 1.165) is 52.7 Å². The molecule has 2 nitrogen and oxygen atoms in total. The molecule has 0 aliphatic heterocycles. The zero-order valence-electron chi connectivity index (χ0n) is 18.8. The lowest BCUT2D eigenvalue weighted by atomic mass is 9.49. The molecule has 9 atom stereocenters. The van der Waals surface area contributed by atoms with Crippen LogP contribution in [0.4, 0.5) is 0 Å². The van der Waals surface area contributed by atoms with Crippen molar-refractivity contribution < 1.29 is 5.11 Å². The predicted molar refractivity (Wildman–Crippen MR) is 121 cm³/mol. The quantitative estimate of drug-likeness (QED) is 0.592. The standard InChI is InChI=1S/C26H41NOS/c1-16-4-6-20-18(12-16)5-7-22-21(20)10-11-26(3)23(8-9-24(22)26)17(2)13-25-27-14-19(15-28)29-25/h14,16-18,20-24,28H,4-13,15H2,1-3H3. The highest BCUT2D eigenvalue weighted by atomic mass is 32.1. The number of thiazole rings is 1. The molecule has 1 aromatic rings. The molecule has 1 aromatic heterocycles. The lowest BCUT2D eigenvalue weighted by molar-refractivity contribution is -0.0727. The van der Waals surface area contributed by atoms with Gasteiger partial charge in [-0.05, 0) is 104 Å². The Morgan fingerprint density at radius 2 is 1.93 bits per heavy atom. The first-order valence-electron chi connectivity index (χ1n) is 12.5. The average Bonchev–Trinajstić information content (AvgIpc) is 3.30. The summed E-state index contributed by atoms with van der Waals surface area (Å²) < 4.78 is 0. The zero-order valence-corrected chi connectivity index (χ0v) is 19.6. The highest BCUT2D eigenvalue weighted by Gasteiger charge is 2.57. The number of rotatable bonds is 4. The van der Waals surface area contributed by atoms with Gasteiger partial charge in [0.15, 0.2) is 0 Å². The molecule has 0 radical (unpaired) electrons. The van der Waals surface area contributed by atoms with Gasteiger partial charge in [-0.25, -0.2) is 4.98 Å². The first-order chi connectivity index (χ1) is 14.0. The van der Waals surface area contributed by atoms with Gasteiger partial charge in [0.25, 0.3) is 0 Å². The van der Waals surface area contributed by atoms with Crippen molar-refractivity contribution in [1.82, 2.24) is 4.98 Å². The third kappa shape index (κ3) is 3.53. The smallest absolute Gasteiger partial charge is 0.0931 e. The lowest BCUT2D eigenvalue weighted by Gasteiger charge is -2.56. The number of aromatic nitrogens is 1. The average molecular weight is 416 g/mol. The summed E-state index contributed by atoms with van der Waals surface area (Å²) in [6.45, 7) is 7.80. The maximum absolute atomic E-state index is 9.37. The molecule has 4 aliphatic carbocycles. The van der Waals surface area contributed by atoms with Crippen molar-refractivity contribution in [3.63, 3.8) is 0 Å². The van der Waals surface area contributed by atoms with Gasteiger partial charge in [-0.2, -0.15) is 0 Å². The van der Waals surface area contributed by atoms with Gasteiger partial charge in [0.1, 0.15) is 0 Å². The Labute approximate surface area is 181 Å². The van der Waals surface area contributed by atoms with E-state index in [0.29, 0.717) is 11.3 Å². The molecule has 9 unspecified atom stereocenters. The van der Waals surface area contributed by atoms with Crippen LogP contribution in [0.5, 0.6) is 0 Å². The van der Waals surface area contributed by atoms with Crippen molar-refractivity contribution in [3.05, 3.63) is 16.1 Å². The Morgan fingerprint density at radius 3 is 2.72 bits per heavy atom. The molecule has 4 fully saturated rings. The molecule has 3 heteroatoms. The van der Waals surface area contributed by atoms with Crippen LogP contribution in [0.25, 0.3) is 0 Å². The summed E-state index contributed by atoms with van der Waals surface area (Å²) in [5, 5.41) is 10.6. The fourth-order valence-electron chi connectivity index (χ4n) is 9.00. The van der Waals surface area contributed by atoms with E-state index in [-0.39, 0.29) is 6.61 Å². The van der Waals surface area contributed by atoms with Crippen molar-refractivity contribution in [2.45, 2.75) is 91.6 Å². The van der Waals surface area contributed by atoms with Gasteiger partial charge in [-0.15, -0.1) is 11.3 Å². The molecule has 1 heterocycles. The number of fused-ring (bicyclic) bond motifs is 5. The third-order valence-electron chi connectivity index (χ3n) is 10.2. The summed E-state index contributed by atoms with van der Waals surface area (Å²) in [4.78, 5) is 5.62. The maximum atomic E-state index is 9.37. The minimum absolute atomic E-state index is 0.138. The summed E-state index contributed by atoms with van der Waals surface area (Å²) in [5.74, 6) is 7.75. The number of aliphatic hydroxyl groups excluding tert-OH is 1.